The number of hydrogen-bond donors (Lipinski definition) is 0. The van der Waals surface area contributed by atoms with Crippen LogP contribution in [0.3, 0.4) is 0 Å². The molecule has 0 bridgehead atoms. The lowest BCUT2D eigenvalue weighted by atomic mass is 9.97. The predicted octanol–water partition coefficient (Wildman–Crippen LogP) is 0.179. The van der Waals surface area contributed by atoms with Crippen molar-refractivity contribution in [1.29, 1.82) is 0 Å². The molecule has 0 saturated carbocycles. The summed E-state index contributed by atoms with van der Waals surface area (Å²) in [6.07, 6.45) is -6.68. The Hall–Kier alpha value is -2.24. The van der Waals surface area contributed by atoms with E-state index < -0.39 is 60.8 Å². The van der Waals surface area contributed by atoms with Crippen molar-refractivity contribution in [3.8, 4) is 0 Å². The maximum absolute atomic E-state index is 12.7. The van der Waals surface area contributed by atoms with Gasteiger partial charge in [-0.05, 0) is 20.8 Å². The van der Waals surface area contributed by atoms with Gasteiger partial charge in [-0.3, -0.25) is 19.2 Å². The second kappa shape index (κ2) is 10.9. The average molecular weight is 445 g/mol. The zero-order chi connectivity index (χ0) is 23.3. The minimum Gasteiger partial charge on any atom is -0.457 e. The molecule has 0 aromatic heterocycles. The van der Waals surface area contributed by atoms with Crippen LogP contribution in [-0.4, -0.2) is 91.3 Å². The van der Waals surface area contributed by atoms with Crippen molar-refractivity contribution >= 4 is 23.8 Å². The van der Waals surface area contributed by atoms with Crippen molar-refractivity contribution in [3.05, 3.63) is 0 Å². The monoisotopic (exact) mass is 445 g/mol. The zero-order valence-electron chi connectivity index (χ0n) is 18.7. The van der Waals surface area contributed by atoms with Crippen LogP contribution >= 0.6 is 0 Å². The molecule has 2 aliphatic rings. The van der Waals surface area contributed by atoms with Crippen molar-refractivity contribution in [2.24, 2.45) is 0 Å². The van der Waals surface area contributed by atoms with Gasteiger partial charge in [0.15, 0.2) is 30.7 Å². The molecule has 2 fully saturated rings. The molecule has 11 nitrogen and oxygen atoms in total. The van der Waals surface area contributed by atoms with E-state index in [-0.39, 0.29) is 12.5 Å². The van der Waals surface area contributed by atoms with Gasteiger partial charge < -0.3 is 33.3 Å². The average Bonchev–Trinajstić information content (AvgIpc) is 3.47. The first-order valence-corrected chi connectivity index (χ1v) is 10.3. The SMILES string of the molecule is CCN(CC)C(=O)[C@H]1O[C@@H]1[C@H](OC(C)=O)[C@@H](OC(C)=O)[C@@H]1O[C@H](C)OC[C@H]1OC(C)=O. The third kappa shape index (κ3) is 6.62. The van der Waals surface area contributed by atoms with Crippen molar-refractivity contribution in [1.82, 2.24) is 4.90 Å². The number of hydrogen-bond acceptors (Lipinski definition) is 10. The van der Waals surface area contributed by atoms with Gasteiger partial charge in [-0.25, -0.2) is 0 Å². The largest absolute Gasteiger partial charge is 0.457 e. The Kier molecular flexibility index (Phi) is 8.78. The molecule has 7 atom stereocenters. The molecular formula is C20H31NO10. The smallest absolute Gasteiger partial charge is 0.303 e. The fourth-order valence-corrected chi connectivity index (χ4v) is 3.59. The van der Waals surface area contributed by atoms with Gasteiger partial charge in [0.2, 0.25) is 0 Å². The number of amides is 1. The third-order valence-corrected chi connectivity index (χ3v) is 4.95. The van der Waals surface area contributed by atoms with Crippen LogP contribution < -0.4 is 0 Å². The lowest BCUT2D eigenvalue weighted by Gasteiger charge is -2.40. The molecule has 2 rings (SSSR count). The Bertz CT molecular complexity index is 679. The van der Waals surface area contributed by atoms with Crippen LogP contribution in [-0.2, 0) is 47.6 Å². The van der Waals surface area contributed by atoms with E-state index in [1.54, 1.807) is 11.8 Å². The molecule has 2 aliphatic heterocycles. The van der Waals surface area contributed by atoms with E-state index in [0.29, 0.717) is 13.1 Å². The number of carbonyl (C=O) groups is 4. The Labute approximate surface area is 181 Å². The maximum Gasteiger partial charge on any atom is 0.303 e. The number of likely N-dealkylation sites (N-methyl/N-ethyl adjacent to an activating group) is 1. The highest BCUT2D eigenvalue weighted by atomic mass is 16.7. The van der Waals surface area contributed by atoms with Crippen molar-refractivity contribution in [3.63, 3.8) is 0 Å². The Morgan fingerprint density at radius 2 is 1.45 bits per heavy atom. The van der Waals surface area contributed by atoms with Crippen LogP contribution in [0.2, 0.25) is 0 Å². The highest BCUT2D eigenvalue weighted by Gasteiger charge is 2.58. The quantitative estimate of drug-likeness (QED) is 0.275. The second-order valence-electron chi connectivity index (χ2n) is 7.33. The summed E-state index contributed by atoms with van der Waals surface area (Å²) in [6.45, 7) is 9.88. The molecule has 1 amide bonds. The number of rotatable bonds is 9. The Balaban J connectivity index is 2.33. The summed E-state index contributed by atoms with van der Waals surface area (Å²) in [5.41, 5.74) is 0. The lowest BCUT2D eigenvalue weighted by molar-refractivity contribution is -0.279. The van der Waals surface area contributed by atoms with Gasteiger partial charge in [0, 0.05) is 33.9 Å². The van der Waals surface area contributed by atoms with Crippen molar-refractivity contribution in [2.75, 3.05) is 19.7 Å². The number of ether oxygens (including phenoxy) is 6. The molecule has 0 spiro atoms. The summed E-state index contributed by atoms with van der Waals surface area (Å²) < 4.78 is 32.9. The topological polar surface area (TPSA) is 130 Å². The summed E-state index contributed by atoms with van der Waals surface area (Å²) in [5.74, 6) is -2.17. The van der Waals surface area contributed by atoms with E-state index in [4.69, 9.17) is 28.4 Å². The van der Waals surface area contributed by atoms with Gasteiger partial charge in [-0.1, -0.05) is 0 Å². The van der Waals surface area contributed by atoms with E-state index in [2.05, 4.69) is 0 Å². The molecular weight excluding hydrogens is 414 g/mol. The van der Waals surface area contributed by atoms with Crippen LogP contribution in [0.5, 0.6) is 0 Å². The predicted molar refractivity (Wildman–Crippen MR) is 104 cm³/mol. The van der Waals surface area contributed by atoms with Crippen molar-refractivity contribution in [2.45, 2.75) is 84.5 Å². The first-order chi connectivity index (χ1) is 14.6. The fraction of sp³-hybridized carbons (Fsp3) is 0.800. The number of esters is 3. The zero-order valence-corrected chi connectivity index (χ0v) is 18.7. The summed E-state index contributed by atoms with van der Waals surface area (Å²) in [6, 6.07) is 0. The minimum atomic E-state index is -1.20. The molecule has 0 N–H and O–H groups in total. The van der Waals surface area contributed by atoms with E-state index in [0.717, 1.165) is 0 Å². The van der Waals surface area contributed by atoms with Crippen LogP contribution in [0.25, 0.3) is 0 Å². The molecule has 176 valence electrons. The van der Waals surface area contributed by atoms with Crippen LogP contribution in [0.4, 0.5) is 0 Å². The van der Waals surface area contributed by atoms with Gasteiger partial charge in [-0.15, -0.1) is 0 Å². The molecule has 31 heavy (non-hydrogen) atoms. The van der Waals surface area contributed by atoms with Crippen LogP contribution in [0.15, 0.2) is 0 Å². The molecule has 0 unspecified atom stereocenters. The Morgan fingerprint density at radius 3 is 1.94 bits per heavy atom. The minimum absolute atomic E-state index is 0.0106. The van der Waals surface area contributed by atoms with Gasteiger partial charge >= 0.3 is 17.9 Å². The third-order valence-electron chi connectivity index (χ3n) is 4.95. The molecule has 0 aromatic carbocycles. The van der Waals surface area contributed by atoms with Gasteiger partial charge in [0.1, 0.15) is 12.2 Å². The van der Waals surface area contributed by atoms with E-state index >= 15 is 0 Å². The number of carbonyl (C=O) groups excluding carboxylic acids is 4. The summed E-state index contributed by atoms with van der Waals surface area (Å²) in [5, 5.41) is 0. The van der Waals surface area contributed by atoms with E-state index in [1.807, 2.05) is 13.8 Å². The van der Waals surface area contributed by atoms with Gasteiger partial charge in [0.05, 0.1) is 6.61 Å². The molecule has 0 aliphatic carbocycles. The molecule has 11 heteroatoms. The molecule has 2 saturated heterocycles. The van der Waals surface area contributed by atoms with Crippen LogP contribution in [0.1, 0.15) is 41.5 Å². The highest BCUT2D eigenvalue weighted by Crippen LogP contribution is 2.35. The van der Waals surface area contributed by atoms with Crippen molar-refractivity contribution < 1.29 is 47.6 Å². The standard InChI is InChI=1S/C20H31NO10/c1-7-21(8-2)20(25)19-18(31-19)17(29-12(5)24)16(28-11(4)23)15-14(27-10(3)22)9-26-13(6)30-15/h13-19H,7-9H2,1-6H3/t13-,14-,15-,16+,17-,18-,19+/m1/s1. The molecule has 0 aromatic rings. The summed E-state index contributed by atoms with van der Waals surface area (Å²) in [7, 11) is 0. The highest BCUT2D eigenvalue weighted by molar-refractivity contribution is 5.84. The van der Waals surface area contributed by atoms with E-state index in [1.165, 1.54) is 20.8 Å². The Morgan fingerprint density at radius 1 is 0.903 bits per heavy atom. The first kappa shape index (κ1) is 25.0. The maximum atomic E-state index is 12.7. The van der Waals surface area contributed by atoms with Gasteiger partial charge in [-0.2, -0.15) is 0 Å². The lowest BCUT2D eigenvalue weighted by Crippen LogP contribution is -2.57. The van der Waals surface area contributed by atoms with Gasteiger partial charge in [0.25, 0.3) is 5.91 Å². The number of epoxide rings is 1. The molecule has 0 radical (unpaired) electrons. The van der Waals surface area contributed by atoms with E-state index in [9.17, 15) is 19.2 Å². The fourth-order valence-electron chi connectivity index (χ4n) is 3.59. The number of nitrogens with zero attached hydrogens (tertiary/aromatic N) is 1. The normalized spacial score (nSPS) is 29.3. The summed E-state index contributed by atoms with van der Waals surface area (Å²) >= 11 is 0. The first-order valence-electron chi connectivity index (χ1n) is 10.3. The second-order valence-corrected chi connectivity index (χ2v) is 7.33. The van der Waals surface area contributed by atoms with Crippen LogP contribution in [0, 0.1) is 0 Å². The molecule has 2 heterocycles. The summed E-state index contributed by atoms with van der Waals surface area (Å²) in [4.78, 5) is 49.6.